The van der Waals surface area contributed by atoms with Crippen LogP contribution >= 0.6 is 11.6 Å². The van der Waals surface area contributed by atoms with Gasteiger partial charge >= 0.3 is 5.97 Å². The zero-order valence-corrected chi connectivity index (χ0v) is 21.2. The zero-order valence-electron chi connectivity index (χ0n) is 20.4. The summed E-state index contributed by atoms with van der Waals surface area (Å²) in [5, 5.41) is 24.8. The van der Waals surface area contributed by atoms with Crippen molar-refractivity contribution in [2.45, 2.75) is 25.5 Å². The summed E-state index contributed by atoms with van der Waals surface area (Å²) in [6.45, 7) is 2.29. The number of pyridine rings is 1. The van der Waals surface area contributed by atoms with Crippen LogP contribution in [0.4, 0.5) is 0 Å². The van der Waals surface area contributed by atoms with Gasteiger partial charge in [0.2, 0.25) is 0 Å². The number of rotatable bonds is 11. The molecule has 4 aromatic rings. The SMILES string of the molecule is CCOC(=O)c1ccc2c(Oc3ccc(C[C@@H](CO)NC[C@@H](O)c4cccc(Cl)c4)cc3)ccnc2c1. The molecule has 37 heavy (non-hydrogen) atoms. The summed E-state index contributed by atoms with van der Waals surface area (Å²) in [4.78, 5) is 16.4. The maximum atomic E-state index is 12.0. The van der Waals surface area contributed by atoms with E-state index in [4.69, 9.17) is 21.1 Å². The number of carbonyl (C=O) groups is 1. The third-order valence-electron chi connectivity index (χ3n) is 5.90. The van der Waals surface area contributed by atoms with E-state index in [0.29, 0.717) is 47.2 Å². The fourth-order valence-electron chi connectivity index (χ4n) is 3.97. The van der Waals surface area contributed by atoms with E-state index < -0.39 is 6.10 Å². The van der Waals surface area contributed by atoms with E-state index >= 15 is 0 Å². The molecule has 8 heteroatoms. The Labute approximate surface area is 220 Å². The van der Waals surface area contributed by atoms with Crippen LogP contribution in [0, 0.1) is 0 Å². The number of esters is 1. The lowest BCUT2D eigenvalue weighted by atomic mass is 10.0. The van der Waals surface area contributed by atoms with Gasteiger partial charge in [-0.05, 0) is 73.0 Å². The molecule has 4 rings (SSSR count). The molecule has 0 saturated carbocycles. The number of aromatic nitrogens is 1. The standard InChI is InChI=1S/C29H29ClN2O5/c1-2-36-29(35)21-8-11-25-26(16-21)31-13-12-28(25)37-24-9-6-19(7-10-24)14-23(18-33)32-17-27(34)20-4-3-5-22(30)15-20/h3-13,15-16,23,27,32-34H,2,14,17-18H2,1H3/t23-,27+/m0/s1. The molecule has 1 heterocycles. The first-order valence-electron chi connectivity index (χ1n) is 12.1. The minimum absolute atomic E-state index is 0.0721. The maximum Gasteiger partial charge on any atom is 0.338 e. The molecular formula is C29H29ClN2O5. The molecule has 0 bridgehead atoms. The number of aliphatic hydroxyl groups is 2. The molecule has 192 valence electrons. The van der Waals surface area contributed by atoms with Gasteiger partial charge in [-0.3, -0.25) is 4.98 Å². The number of fused-ring (bicyclic) bond motifs is 1. The Bertz CT molecular complexity index is 1350. The average molecular weight is 521 g/mol. The summed E-state index contributed by atoms with van der Waals surface area (Å²) in [6.07, 6.45) is 1.48. The molecule has 1 aromatic heterocycles. The summed E-state index contributed by atoms with van der Waals surface area (Å²) in [7, 11) is 0. The first-order valence-corrected chi connectivity index (χ1v) is 12.4. The van der Waals surface area contributed by atoms with Gasteiger partial charge in [-0.25, -0.2) is 4.79 Å². The van der Waals surface area contributed by atoms with Crippen LogP contribution in [0.15, 0.2) is 79.0 Å². The van der Waals surface area contributed by atoms with Gasteiger partial charge in [-0.2, -0.15) is 0 Å². The van der Waals surface area contributed by atoms with Crippen LogP contribution in [0.2, 0.25) is 5.02 Å². The van der Waals surface area contributed by atoms with Crippen LogP contribution in [0.1, 0.15) is 34.5 Å². The fraction of sp³-hybridized carbons (Fsp3) is 0.241. The van der Waals surface area contributed by atoms with Crippen molar-refractivity contribution in [3.63, 3.8) is 0 Å². The van der Waals surface area contributed by atoms with Crippen molar-refractivity contribution in [3.8, 4) is 11.5 Å². The second-order valence-corrected chi connectivity index (χ2v) is 9.01. The lowest BCUT2D eigenvalue weighted by Gasteiger charge is -2.19. The second-order valence-electron chi connectivity index (χ2n) is 8.57. The van der Waals surface area contributed by atoms with Crippen molar-refractivity contribution in [1.29, 1.82) is 0 Å². The highest BCUT2D eigenvalue weighted by Crippen LogP contribution is 2.30. The molecule has 0 aliphatic heterocycles. The van der Waals surface area contributed by atoms with Gasteiger partial charge in [0.05, 0.1) is 30.4 Å². The third kappa shape index (κ3) is 7.05. The molecule has 0 spiro atoms. The van der Waals surface area contributed by atoms with Gasteiger partial charge in [0, 0.05) is 29.2 Å². The Hall–Kier alpha value is -3.49. The van der Waals surface area contributed by atoms with E-state index in [0.717, 1.165) is 16.5 Å². The lowest BCUT2D eigenvalue weighted by molar-refractivity contribution is 0.0526. The quantitative estimate of drug-likeness (QED) is 0.237. The molecule has 0 aliphatic carbocycles. The first kappa shape index (κ1) is 26.6. The van der Waals surface area contributed by atoms with E-state index in [1.165, 1.54) is 0 Å². The molecule has 0 fully saturated rings. The lowest BCUT2D eigenvalue weighted by Crippen LogP contribution is -2.37. The molecule has 0 saturated heterocycles. The maximum absolute atomic E-state index is 12.0. The summed E-state index contributed by atoms with van der Waals surface area (Å²) >= 11 is 6.01. The van der Waals surface area contributed by atoms with Crippen LogP contribution in [0.3, 0.4) is 0 Å². The number of hydrogen-bond acceptors (Lipinski definition) is 7. The molecule has 0 aliphatic rings. The molecule has 3 aromatic carbocycles. The zero-order chi connectivity index (χ0) is 26.2. The average Bonchev–Trinajstić information content (AvgIpc) is 2.91. The van der Waals surface area contributed by atoms with Crippen LogP contribution in [0.25, 0.3) is 10.9 Å². The third-order valence-corrected chi connectivity index (χ3v) is 6.14. The number of benzene rings is 3. The smallest absolute Gasteiger partial charge is 0.338 e. The Kier molecular flexibility index (Phi) is 9.09. The molecule has 2 atom stereocenters. The van der Waals surface area contributed by atoms with E-state index in [-0.39, 0.29) is 18.6 Å². The largest absolute Gasteiger partial charge is 0.462 e. The number of hydrogen-bond donors (Lipinski definition) is 3. The van der Waals surface area contributed by atoms with Crippen molar-refractivity contribution >= 4 is 28.5 Å². The minimum Gasteiger partial charge on any atom is -0.462 e. The van der Waals surface area contributed by atoms with Gasteiger partial charge < -0.3 is 25.0 Å². The van der Waals surface area contributed by atoms with Crippen LogP contribution in [0.5, 0.6) is 11.5 Å². The highest BCUT2D eigenvalue weighted by molar-refractivity contribution is 6.30. The van der Waals surface area contributed by atoms with Gasteiger partial charge in [0.15, 0.2) is 0 Å². The monoisotopic (exact) mass is 520 g/mol. The number of halogens is 1. The van der Waals surface area contributed by atoms with Crippen molar-refractivity contribution < 1.29 is 24.5 Å². The molecule has 0 amide bonds. The van der Waals surface area contributed by atoms with Crippen molar-refractivity contribution in [3.05, 3.63) is 101 Å². The van der Waals surface area contributed by atoms with E-state index in [1.54, 1.807) is 55.6 Å². The van der Waals surface area contributed by atoms with Gasteiger partial charge in [-0.1, -0.05) is 35.9 Å². The molecule has 3 N–H and O–H groups in total. The number of carbonyl (C=O) groups excluding carboxylic acids is 1. The number of ether oxygens (including phenoxy) is 2. The van der Waals surface area contributed by atoms with Gasteiger partial charge in [0.25, 0.3) is 0 Å². The van der Waals surface area contributed by atoms with Crippen LogP contribution in [-0.4, -0.2) is 47.0 Å². The van der Waals surface area contributed by atoms with Crippen LogP contribution < -0.4 is 10.1 Å². The molecule has 7 nitrogen and oxygen atoms in total. The molecular weight excluding hydrogens is 492 g/mol. The number of aliphatic hydroxyl groups excluding tert-OH is 2. The summed E-state index contributed by atoms with van der Waals surface area (Å²) < 4.78 is 11.2. The first-order chi connectivity index (χ1) is 18.0. The fourth-order valence-corrected chi connectivity index (χ4v) is 4.17. The van der Waals surface area contributed by atoms with Gasteiger partial charge in [0.1, 0.15) is 11.5 Å². The summed E-state index contributed by atoms with van der Waals surface area (Å²) in [5.41, 5.74) is 2.81. The van der Waals surface area contributed by atoms with E-state index in [1.807, 2.05) is 30.3 Å². The molecule has 0 unspecified atom stereocenters. The minimum atomic E-state index is -0.730. The predicted octanol–water partition coefficient (Wildman–Crippen LogP) is 5.08. The normalized spacial score (nSPS) is 12.8. The Morgan fingerprint density at radius 3 is 2.62 bits per heavy atom. The summed E-state index contributed by atoms with van der Waals surface area (Å²) in [5.74, 6) is 0.886. The Morgan fingerprint density at radius 1 is 1.08 bits per heavy atom. The van der Waals surface area contributed by atoms with Crippen molar-refractivity contribution in [1.82, 2.24) is 10.3 Å². The predicted molar refractivity (Wildman–Crippen MR) is 143 cm³/mol. The van der Waals surface area contributed by atoms with E-state index in [9.17, 15) is 15.0 Å². The van der Waals surface area contributed by atoms with Crippen LogP contribution in [-0.2, 0) is 11.2 Å². The molecule has 0 radical (unpaired) electrons. The highest BCUT2D eigenvalue weighted by Gasteiger charge is 2.14. The van der Waals surface area contributed by atoms with Gasteiger partial charge in [-0.15, -0.1) is 0 Å². The Balaban J connectivity index is 1.38. The topological polar surface area (TPSA) is 101 Å². The number of nitrogens with one attached hydrogen (secondary N) is 1. The highest BCUT2D eigenvalue weighted by atomic mass is 35.5. The van der Waals surface area contributed by atoms with Crippen molar-refractivity contribution in [2.24, 2.45) is 0 Å². The Morgan fingerprint density at radius 2 is 1.89 bits per heavy atom. The second kappa shape index (κ2) is 12.7. The van der Waals surface area contributed by atoms with E-state index in [2.05, 4.69) is 10.3 Å². The summed E-state index contributed by atoms with van der Waals surface area (Å²) in [6, 6.07) is 21.4. The van der Waals surface area contributed by atoms with Crippen molar-refractivity contribution in [2.75, 3.05) is 19.8 Å². The number of nitrogens with zero attached hydrogens (tertiary/aromatic N) is 1.